The van der Waals surface area contributed by atoms with E-state index in [4.69, 9.17) is 10.7 Å². The zero-order valence-corrected chi connectivity index (χ0v) is 13.3. The van der Waals surface area contributed by atoms with Crippen molar-refractivity contribution in [2.75, 3.05) is 17.2 Å². The molecule has 0 spiro atoms. The van der Waals surface area contributed by atoms with Gasteiger partial charge in [0.1, 0.15) is 11.6 Å². The van der Waals surface area contributed by atoms with E-state index in [-0.39, 0.29) is 0 Å². The summed E-state index contributed by atoms with van der Waals surface area (Å²) in [5, 5.41) is 0. The van der Waals surface area contributed by atoms with Gasteiger partial charge < -0.3 is 10.3 Å². The first-order valence-electron chi connectivity index (χ1n) is 7.59. The van der Waals surface area contributed by atoms with Gasteiger partial charge in [-0.25, -0.2) is 4.98 Å². The van der Waals surface area contributed by atoms with E-state index in [0.29, 0.717) is 12.0 Å². The van der Waals surface area contributed by atoms with Crippen LogP contribution < -0.4 is 5.73 Å². The predicted molar refractivity (Wildman–Crippen MR) is 84.9 cm³/mol. The minimum absolute atomic E-state index is 0.413. The molecule has 1 heterocycles. The molecule has 0 radical (unpaired) electrons. The van der Waals surface area contributed by atoms with Crippen molar-refractivity contribution in [1.29, 1.82) is 0 Å². The van der Waals surface area contributed by atoms with Gasteiger partial charge in [0.2, 0.25) is 0 Å². The molecule has 1 aromatic rings. The third-order valence-electron chi connectivity index (χ3n) is 3.98. The maximum absolute atomic E-state index is 6.35. The second-order valence-electron chi connectivity index (χ2n) is 5.69. The molecule has 2 rings (SSSR count). The van der Waals surface area contributed by atoms with E-state index >= 15 is 0 Å². The largest absolute Gasteiger partial charge is 0.384 e. The fraction of sp³-hybridized carbons (Fsp3) is 0.800. The summed E-state index contributed by atoms with van der Waals surface area (Å²) in [5.74, 6) is 5.09. The first-order valence-corrected chi connectivity index (χ1v) is 8.74. The number of nitrogens with two attached hydrogens (primary N) is 1. The van der Waals surface area contributed by atoms with E-state index in [1.807, 2.05) is 11.8 Å². The molecule has 1 aliphatic rings. The summed E-state index contributed by atoms with van der Waals surface area (Å²) in [4.78, 5) is 4.91. The van der Waals surface area contributed by atoms with Crippen molar-refractivity contribution in [2.24, 2.45) is 0 Å². The molecule has 0 saturated heterocycles. The molecule has 1 fully saturated rings. The molecule has 0 atom stereocenters. The van der Waals surface area contributed by atoms with E-state index < -0.39 is 0 Å². The van der Waals surface area contributed by atoms with E-state index in [1.54, 1.807) is 0 Å². The maximum Gasteiger partial charge on any atom is 0.127 e. The van der Waals surface area contributed by atoms with Gasteiger partial charge in [-0.3, -0.25) is 0 Å². The van der Waals surface area contributed by atoms with Gasteiger partial charge in [0.05, 0.1) is 5.69 Å². The van der Waals surface area contributed by atoms with Gasteiger partial charge in [0, 0.05) is 18.4 Å². The van der Waals surface area contributed by atoms with Crippen molar-refractivity contribution >= 4 is 17.6 Å². The fourth-order valence-electron chi connectivity index (χ4n) is 3.02. The SMILES string of the molecule is CCSCCc1nc(C2CCCC2)n(C(C)C)c1N. The van der Waals surface area contributed by atoms with Crippen molar-refractivity contribution in [1.82, 2.24) is 9.55 Å². The van der Waals surface area contributed by atoms with Crippen LogP contribution in [0.2, 0.25) is 0 Å². The zero-order valence-electron chi connectivity index (χ0n) is 12.5. The Balaban J connectivity index is 2.22. The molecule has 0 bridgehead atoms. The van der Waals surface area contributed by atoms with Gasteiger partial charge >= 0.3 is 0 Å². The number of nitrogens with zero attached hydrogens (tertiary/aromatic N) is 2. The van der Waals surface area contributed by atoms with Gasteiger partial charge in [-0.2, -0.15) is 11.8 Å². The number of nitrogen functional groups attached to an aromatic ring is 1. The lowest BCUT2D eigenvalue weighted by Crippen LogP contribution is -2.12. The van der Waals surface area contributed by atoms with Gasteiger partial charge in [-0.05, 0) is 38.2 Å². The molecule has 4 heteroatoms. The van der Waals surface area contributed by atoms with Crippen LogP contribution >= 0.6 is 11.8 Å². The Kier molecular flexibility index (Phi) is 5.20. The Morgan fingerprint density at radius 3 is 2.63 bits per heavy atom. The van der Waals surface area contributed by atoms with E-state index in [1.165, 1.54) is 37.3 Å². The number of aryl methyl sites for hydroxylation is 1. The molecule has 0 unspecified atom stereocenters. The Labute approximate surface area is 121 Å². The highest BCUT2D eigenvalue weighted by Gasteiger charge is 2.26. The number of rotatable bonds is 6. The van der Waals surface area contributed by atoms with Gasteiger partial charge in [-0.1, -0.05) is 19.8 Å². The third kappa shape index (κ3) is 3.28. The second-order valence-corrected chi connectivity index (χ2v) is 7.09. The summed E-state index contributed by atoms with van der Waals surface area (Å²) in [5.41, 5.74) is 7.47. The van der Waals surface area contributed by atoms with E-state index in [0.717, 1.165) is 23.7 Å². The van der Waals surface area contributed by atoms with Crippen LogP contribution in [0.15, 0.2) is 0 Å². The summed E-state index contributed by atoms with van der Waals surface area (Å²) < 4.78 is 2.28. The molecule has 1 saturated carbocycles. The number of aromatic nitrogens is 2. The molecule has 0 amide bonds. The summed E-state index contributed by atoms with van der Waals surface area (Å²) >= 11 is 1.96. The Bertz CT molecular complexity index is 406. The Morgan fingerprint density at radius 2 is 2.05 bits per heavy atom. The molecule has 2 N–H and O–H groups in total. The van der Waals surface area contributed by atoms with Gasteiger partial charge in [0.15, 0.2) is 0 Å². The average molecular weight is 281 g/mol. The van der Waals surface area contributed by atoms with Crippen LogP contribution in [0.3, 0.4) is 0 Å². The zero-order chi connectivity index (χ0) is 13.8. The van der Waals surface area contributed by atoms with Crippen LogP contribution in [0, 0.1) is 0 Å². The molecule has 108 valence electrons. The van der Waals surface area contributed by atoms with Crippen LogP contribution in [-0.4, -0.2) is 21.1 Å². The quantitative estimate of drug-likeness (QED) is 0.802. The number of thioether (sulfide) groups is 1. The molecular formula is C15H27N3S. The predicted octanol–water partition coefficient (Wildman–Crippen LogP) is 4.00. The summed E-state index contributed by atoms with van der Waals surface area (Å²) in [6.45, 7) is 6.62. The van der Waals surface area contributed by atoms with Crippen LogP contribution in [0.4, 0.5) is 5.82 Å². The fourth-order valence-corrected chi connectivity index (χ4v) is 3.65. The van der Waals surface area contributed by atoms with Crippen LogP contribution in [0.25, 0.3) is 0 Å². The average Bonchev–Trinajstić information content (AvgIpc) is 2.97. The summed E-state index contributed by atoms with van der Waals surface area (Å²) in [7, 11) is 0. The number of anilines is 1. The van der Waals surface area contributed by atoms with Gasteiger partial charge in [-0.15, -0.1) is 0 Å². The summed E-state index contributed by atoms with van der Waals surface area (Å²) in [6, 6.07) is 0.413. The molecular weight excluding hydrogens is 254 g/mol. The monoisotopic (exact) mass is 281 g/mol. The number of hydrogen-bond donors (Lipinski definition) is 1. The first-order chi connectivity index (χ1) is 9.15. The Morgan fingerprint density at radius 1 is 1.37 bits per heavy atom. The molecule has 0 aromatic carbocycles. The highest BCUT2D eigenvalue weighted by molar-refractivity contribution is 7.99. The lowest BCUT2D eigenvalue weighted by Gasteiger charge is -2.17. The van der Waals surface area contributed by atoms with Crippen molar-refractivity contribution in [3.05, 3.63) is 11.5 Å². The third-order valence-corrected chi connectivity index (χ3v) is 4.88. The van der Waals surface area contributed by atoms with Crippen molar-refractivity contribution in [2.45, 2.75) is 64.8 Å². The minimum Gasteiger partial charge on any atom is -0.384 e. The van der Waals surface area contributed by atoms with E-state index in [9.17, 15) is 0 Å². The smallest absolute Gasteiger partial charge is 0.127 e. The summed E-state index contributed by atoms with van der Waals surface area (Å²) in [6.07, 6.45) is 6.26. The normalized spacial score (nSPS) is 16.6. The molecule has 3 nitrogen and oxygen atoms in total. The van der Waals surface area contributed by atoms with Crippen LogP contribution in [0.1, 0.15) is 69.9 Å². The molecule has 1 aliphatic carbocycles. The number of imidazole rings is 1. The molecule has 1 aromatic heterocycles. The minimum atomic E-state index is 0.413. The number of hydrogen-bond acceptors (Lipinski definition) is 3. The van der Waals surface area contributed by atoms with Crippen LogP contribution in [-0.2, 0) is 6.42 Å². The lowest BCUT2D eigenvalue weighted by atomic mass is 10.1. The topological polar surface area (TPSA) is 43.8 Å². The molecule has 0 aliphatic heterocycles. The Hall–Kier alpha value is -0.640. The highest BCUT2D eigenvalue weighted by Crippen LogP contribution is 2.36. The van der Waals surface area contributed by atoms with Crippen LogP contribution in [0.5, 0.6) is 0 Å². The maximum atomic E-state index is 6.35. The van der Waals surface area contributed by atoms with Crippen molar-refractivity contribution in [3.63, 3.8) is 0 Å². The van der Waals surface area contributed by atoms with E-state index in [2.05, 4.69) is 25.3 Å². The standard InChI is InChI=1S/C15H27N3S/c1-4-19-10-9-13-14(16)18(11(2)3)15(17-13)12-7-5-6-8-12/h11-12H,4-10,16H2,1-3H3. The van der Waals surface area contributed by atoms with Gasteiger partial charge in [0.25, 0.3) is 0 Å². The first kappa shape index (κ1) is 14.8. The molecule has 19 heavy (non-hydrogen) atoms. The van der Waals surface area contributed by atoms with Crippen molar-refractivity contribution < 1.29 is 0 Å². The van der Waals surface area contributed by atoms with Crippen molar-refractivity contribution in [3.8, 4) is 0 Å². The highest BCUT2D eigenvalue weighted by atomic mass is 32.2. The second kappa shape index (κ2) is 6.69. The lowest BCUT2D eigenvalue weighted by molar-refractivity contribution is 0.534.